The van der Waals surface area contributed by atoms with E-state index in [9.17, 15) is 14.0 Å². The largest absolute Gasteiger partial charge is 0.368 e. The molecule has 1 aromatic carbocycles. The molecule has 1 aromatic heterocycles. The Balaban J connectivity index is 1.54. The summed E-state index contributed by atoms with van der Waals surface area (Å²) in [5.74, 6) is 0.275. The number of benzene rings is 1. The van der Waals surface area contributed by atoms with Crippen molar-refractivity contribution in [1.82, 2.24) is 20.6 Å². The molecule has 2 aliphatic rings. The summed E-state index contributed by atoms with van der Waals surface area (Å²) >= 11 is 0. The minimum Gasteiger partial charge on any atom is -0.368 e. The van der Waals surface area contributed by atoms with Crippen molar-refractivity contribution in [2.45, 2.75) is 31.7 Å². The fourth-order valence-corrected chi connectivity index (χ4v) is 4.32. The Morgan fingerprint density at radius 3 is 2.48 bits per heavy atom. The van der Waals surface area contributed by atoms with Gasteiger partial charge in [0.2, 0.25) is 5.95 Å². The van der Waals surface area contributed by atoms with Crippen molar-refractivity contribution in [3.63, 3.8) is 0 Å². The first-order valence-corrected chi connectivity index (χ1v) is 9.60. The molecule has 0 unspecified atom stereocenters. The normalized spacial score (nSPS) is 22.5. The Labute approximate surface area is 167 Å². The molecule has 2 aromatic rings. The molecule has 0 saturated carbocycles. The summed E-state index contributed by atoms with van der Waals surface area (Å²) in [6, 6.07) is 7.42. The molecule has 3 amide bonds. The average molecular weight is 398 g/mol. The summed E-state index contributed by atoms with van der Waals surface area (Å²) in [4.78, 5) is 35.3. The first-order chi connectivity index (χ1) is 13.9. The molecule has 2 saturated heterocycles. The van der Waals surface area contributed by atoms with Crippen LogP contribution in [-0.4, -0.2) is 40.5 Å². The molecule has 2 aliphatic heterocycles. The van der Waals surface area contributed by atoms with Crippen LogP contribution in [0.2, 0.25) is 0 Å². The fourth-order valence-electron chi connectivity index (χ4n) is 4.32. The average Bonchev–Trinajstić information content (AvgIpc) is 2.97. The number of rotatable bonds is 4. The molecule has 29 heavy (non-hydrogen) atoms. The van der Waals surface area contributed by atoms with Crippen LogP contribution < -0.4 is 21.3 Å². The highest BCUT2D eigenvalue weighted by Crippen LogP contribution is 2.35. The van der Waals surface area contributed by atoms with E-state index in [-0.39, 0.29) is 23.6 Å². The van der Waals surface area contributed by atoms with Crippen LogP contribution in [0.15, 0.2) is 30.3 Å². The first-order valence-electron chi connectivity index (χ1n) is 9.60. The molecular formula is C20H23FN6O2. The second-order valence-corrected chi connectivity index (χ2v) is 7.67. The zero-order chi connectivity index (χ0) is 20.6. The van der Waals surface area contributed by atoms with Gasteiger partial charge in [-0.1, -0.05) is 12.1 Å². The second kappa shape index (κ2) is 7.31. The molecular weight excluding hydrogens is 375 g/mol. The third kappa shape index (κ3) is 3.72. The van der Waals surface area contributed by atoms with Crippen molar-refractivity contribution in [2.24, 2.45) is 5.92 Å². The molecule has 4 rings (SSSR count). The lowest BCUT2D eigenvalue weighted by Gasteiger charge is -2.41. The molecule has 8 nitrogen and oxygen atoms in total. The van der Waals surface area contributed by atoms with E-state index in [2.05, 4.69) is 25.5 Å². The first kappa shape index (κ1) is 19.1. The monoisotopic (exact) mass is 398 g/mol. The highest BCUT2D eigenvalue weighted by Gasteiger charge is 2.52. The van der Waals surface area contributed by atoms with Crippen molar-refractivity contribution in [3.8, 4) is 0 Å². The predicted molar refractivity (Wildman–Crippen MR) is 106 cm³/mol. The number of nitrogens with zero attached hydrogens (tertiary/aromatic N) is 3. The number of hydrogen-bond donors (Lipinski definition) is 3. The van der Waals surface area contributed by atoms with Crippen molar-refractivity contribution in [3.05, 3.63) is 47.4 Å². The molecule has 9 heteroatoms. The van der Waals surface area contributed by atoms with Crippen LogP contribution in [0, 0.1) is 18.7 Å². The number of aryl methyl sites for hydroxylation is 1. The summed E-state index contributed by atoms with van der Waals surface area (Å²) in [5, 5.41) is 5.25. The SMILES string of the molecule is Cc1cc(N2CCC([C@]3(Cc4ccc(F)cc4)NC(=O)NC3=O)CC2)nc(N)n1. The third-order valence-corrected chi connectivity index (χ3v) is 5.74. The van der Waals surface area contributed by atoms with Gasteiger partial charge in [-0.25, -0.2) is 14.2 Å². The summed E-state index contributed by atoms with van der Waals surface area (Å²) in [6.07, 6.45) is 1.70. The Morgan fingerprint density at radius 2 is 1.90 bits per heavy atom. The van der Waals surface area contributed by atoms with Crippen molar-refractivity contribution >= 4 is 23.7 Å². The summed E-state index contributed by atoms with van der Waals surface area (Å²) in [6.45, 7) is 3.22. The van der Waals surface area contributed by atoms with Crippen LogP contribution in [-0.2, 0) is 11.2 Å². The van der Waals surface area contributed by atoms with Crippen LogP contribution in [0.3, 0.4) is 0 Å². The Morgan fingerprint density at radius 1 is 1.21 bits per heavy atom. The lowest BCUT2D eigenvalue weighted by Crippen LogP contribution is -2.57. The Bertz CT molecular complexity index is 922. The lowest BCUT2D eigenvalue weighted by molar-refractivity contribution is -0.126. The Kier molecular flexibility index (Phi) is 4.81. The number of carbonyl (C=O) groups excluding carboxylic acids is 2. The van der Waals surface area contributed by atoms with Crippen LogP contribution in [0.5, 0.6) is 0 Å². The van der Waals surface area contributed by atoms with E-state index in [1.807, 2.05) is 13.0 Å². The van der Waals surface area contributed by atoms with Gasteiger partial charge >= 0.3 is 6.03 Å². The number of amides is 3. The van der Waals surface area contributed by atoms with Crippen LogP contribution in [0.25, 0.3) is 0 Å². The molecule has 152 valence electrons. The maximum absolute atomic E-state index is 13.3. The second-order valence-electron chi connectivity index (χ2n) is 7.67. The zero-order valence-electron chi connectivity index (χ0n) is 16.1. The van der Waals surface area contributed by atoms with Gasteiger partial charge in [0.1, 0.15) is 17.2 Å². The maximum atomic E-state index is 13.3. The molecule has 0 radical (unpaired) electrons. The van der Waals surface area contributed by atoms with E-state index < -0.39 is 11.6 Å². The number of anilines is 2. The quantitative estimate of drug-likeness (QED) is 0.674. The number of halogens is 1. The van der Waals surface area contributed by atoms with Gasteiger partial charge in [0.25, 0.3) is 5.91 Å². The number of urea groups is 1. The van der Waals surface area contributed by atoms with E-state index in [1.54, 1.807) is 12.1 Å². The van der Waals surface area contributed by atoms with Gasteiger partial charge < -0.3 is 16.0 Å². The molecule has 3 heterocycles. The van der Waals surface area contributed by atoms with Crippen molar-refractivity contribution < 1.29 is 14.0 Å². The van der Waals surface area contributed by atoms with Crippen LogP contribution in [0.4, 0.5) is 21.0 Å². The van der Waals surface area contributed by atoms with Gasteiger partial charge in [0.05, 0.1) is 0 Å². The van der Waals surface area contributed by atoms with Gasteiger partial charge in [-0.2, -0.15) is 4.98 Å². The number of piperidine rings is 1. The van der Waals surface area contributed by atoms with E-state index in [0.29, 0.717) is 32.4 Å². The maximum Gasteiger partial charge on any atom is 0.322 e. The number of aromatic nitrogens is 2. The van der Waals surface area contributed by atoms with E-state index >= 15 is 0 Å². The van der Waals surface area contributed by atoms with Crippen LogP contribution in [0.1, 0.15) is 24.1 Å². The highest BCUT2D eigenvalue weighted by atomic mass is 19.1. The zero-order valence-corrected chi connectivity index (χ0v) is 16.1. The standard InChI is InChI=1S/C20H23FN6O2/c1-12-10-16(24-18(22)23-12)27-8-6-14(7-9-27)20(17(28)25-19(29)26-20)11-13-2-4-15(21)5-3-13/h2-5,10,14H,6-9,11H2,1H3,(H2,22,23,24)(H2,25,26,28,29)/t20-/m0/s1. The fraction of sp³-hybridized carbons (Fsp3) is 0.400. The van der Waals surface area contributed by atoms with Gasteiger partial charge in [0.15, 0.2) is 0 Å². The number of imide groups is 1. The topological polar surface area (TPSA) is 113 Å². The number of nitrogens with one attached hydrogen (secondary N) is 2. The van der Waals surface area contributed by atoms with Crippen molar-refractivity contribution in [1.29, 1.82) is 0 Å². The lowest BCUT2D eigenvalue weighted by atomic mass is 9.74. The smallest absolute Gasteiger partial charge is 0.322 e. The molecule has 0 bridgehead atoms. The van der Waals surface area contributed by atoms with Crippen molar-refractivity contribution in [2.75, 3.05) is 23.7 Å². The molecule has 1 atom stereocenters. The molecule has 4 N–H and O–H groups in total. The number of hydrogen-bond acceptors (Lipinski definition) is 6. The van der Waals surface area contributed by atoms with Gasteiger partial charge in [-0.05, 0) is 43.4 Å². The minimum atomic E-state index is -1.04. The number of nitrogen functional groups attached to an aromatic ring is 1. The van der Waals surface area contributed by atoms with E-state index in [1.165, 1.54) is 12.1 Å². The van der Waals surface area contributed by atoms with Gasteiger partial charge in [-0.15, -0.1) is 0 Å². The highest BCUT2D eigenvalue weighted by molar-refractivity contribution is 6.07. The molecule has 0 aliphatic carbocycles. The number of carbonyl (C=O) groups is 2. The van der Waals surface area contributed by atoms with Gasteiger partial charge in [0, 0.05) is 31.3 Å². The number of nitrogens with two attached hydrogens (primary N) is 1. The van der Waals surface area contributed by atoms with Gasteiger partial charge in [-0.3, -0.25) is 10.1 Å². The molecule has 2 fully saturated rings. The minimum absolute atomic E-state index is 0.0597. The van der Waals surface area contributed by atoms with Crippen LogP contribution >= 0.6 is 0 Å². The van der Waals surface area contributed by atoms with E-state index in [4.69, 9.17) is 5.73 Å². The summed E-state index contributed by atoms with van der Waals surface area (Å²) in [5.41, 5.74) is 6.32. The molecule has 0 spiro atoms. The summed E-state index contributed by atoms with van der Waals surface area (Å²) in [7, 11) is 0. The summed E-state index contributed by atoms with van der Waals surface area (Å²) < 4.78 is 13.3. The van der Waals surface area contributed by atoms with E-state index in [0.717, 1.165) is 17.1 Å². The third-order valence-electron chi connectivity index (χ3n) is 5.74. The predicted octanol–water partition coefficient (Wildman–Crippen LogP) is 1.54. The Hall–Kier alpha value is -3.23.